The molecule has 1 unspecified atom stereocenters. The summed E-state index contributed by atoms with van der Waals surface area (Å²) in [6.07, 6.45) is -2.28. The number of thioether (sulfide) groups is 1. The van der Waals surface area contributed by atoms with E-state index in [0.717, 1.165) is 30.1 Å². The second kappa shape index (κ2) is 14.1. The number of halogens is 3. The number of aliphatic imine (C=N–C) groups is 1. The van der Waals surface area contributed by atoms with Crippen molar-refractivity contribution in [3.05, 3.63) is 70.3 Å². The maximum atomic E-state index is 13.1. The first-order valence-electron chi connectivity index (χ1n) is 10.9. The highest BCUT2D eigenvalue weighted by atomic mass is 32.2. The van der Waals surface area contributed by atoms with Crippen LogP contribution in [0.2, 0.25) is 0 Å². The van der Waals surface area contributed by atoms with Crippen molar-refractivity contribution in [2.45, 2.75) is 33.0 Å². The first-order valence-corrected chi connectivity index (χ1v) is 11.7. The van der Waals surface area contributed by atoms with Crippen molar-refractivity contribution in [2.75, 3.05) is 19.5 Å². The Morgan fingerprint density at radius 1 is 1.21 bits per heavy atom. The van der Waals surface area contributed by atoms with Gasteiger partial charge in [-0.25, -0.2) is 4.99 Å². The molecule has 4 N–H and O–H groups in total. The third-order valence-corrected chi connectivity index (χ3v) is 6.14. The van der Waals surface area contributed by atoms with Crippen LogP contribution in [0.4, 0.5) is 18.9 Å². The number of anilines is 1. The quantitative estimate of drug-likeness (QED) is 0.140. The van der Waals surface area contributed by atoms with Crippen molar-refractivity contribution in [1.29, 1.82) is 0 Å². The van der Waals surface area contributed by atoms with Gasteiger partial charge in [-0.1, -0.05) is 31.0 Å². The van der Waals surface area contributed by atoms with Crippen molar-refractivity contribution in [3.63, 3.8) is 0 Å². The van der Waals surface area contributed by atoms with E-state index in [-0.39, 0.29) is 27.6 Å². The van der Waals surface area contributed by atoms with Crippen LogP contribution in [0.3, 0.4) is 0 Å². The Morgan fingerprint density at radius 3 is 2.34 bits per heavy atom. The largest absolute Gasteiger partial charge is 0.507 e. The SMILES string of the molecule is C=CN=C(C(=O)NC(C)C(=C)S/C(=C\C)C(=O)Nc1ccc(O)c(C(F)(F)F)c1)/C(OC)=C(\C)C(=O)NC. The number of methoxy groups -OCH3 is 1. The first kappa shape index (κ1) is 32.0. The molecule has 38 heavy (non-hydrogen) atoms. The lowest BCUT2D eigenvalue weighted by Crippen LogP contribution is -2.39. The van der Waals surface area contributed by atoms with Crippen LogP contribution < -0.4 is 16.0 Å². The molecule has 206 valence electrons. The molecule has 0 aliphatic carbocycles. The summed E-state index contributed by atoms with van der Waals surface area (Å²) in [6, 6.07) is 1.84. The lowest BCUT2D eigenvalue weighted by atomic mass is 10.1. The highest BCUT2D eigenvalue weighted by Gasteiger charge is 2.34. The number of nitrogens with zero attached hydrogens (tertiary/aromatic N) is 1. The number of ether oxygens (including phenoxy) is 1. The Hall–Kier alpha value is -4.00. The van der Waals surface area contributed by atoms with Gasteiger partial charge in [0, 0.05) is 23.8 Å². The van der Waals surface area contributed by atoms with Gasteiger partial charge in [-0.2, -0.15) is 13.2 Å². The van der Waals surface area contributed by atoms with Gasteiger partial charge in [-0.15, -0.1) is 0 Å². The number of alkyl halides is 3. The van der Waals surface area contributed by atoms with Crippen LogP contribution in [0.15, 0.2) is 69.8 Å². The van der Waals surface area contributed by atoms with E-state index in [0.29, 0.717) is 11.0 Å². The fourth-order valence-electron chi connectivity index (χ4n) is 2.87. The third kappa shape index (κ3) is 8.54. The van der Waals surface area contributed by atoms with Crippen LogP contribution in [0.5, 0.6) is 5.75 Å². The number of amides is 3. The minimum absolute atomic E-state index is 0.0761. The number of nitrogens with one attached hydrogen (secondary N) is 3. The van der Waals surface area contributed by atoms with E-state index < -0.39 is 41.3 Å². The molecule has 3 amide bonds. The molecule has 1 aromatic carbocycles. The van der Waals surface area contributed by atoms with E-state index in [9.17, 15) is 32.7 Å². The zero-order chi connectivity index (χ0) is 29.2. The van der Waals surface area contributed by atoms with Gasteiger partial charge in [0.1, 0.15) is 5.75 Å². The molecule has 13 heteroatoms. The van der Waals surface area contributed by atoms with Crippen molar-refractivity contribution < 1.29 is 37.4 Å². The average molecular weight is 555 g/mol. The van der Waals surface area contributed by atoms with Crippen molar-refractivity contribution >= 4 is 40.9 Å². The summed E-state index contributed by atoms with van der Waals surface area (Å²) in [5.41, 5.74) is -1.59. The number of carbonyl (C=O) groups is 3. The Morgan fingerprint density at radius 2 is 1.84 bits per heavy atom. The van der Waals surface area contributed by atoms with Crippen molar-refractivity contribution in [2.24, 2.45) is 4.99 Å². The van der Waals surface area contributed by atoms with E-state index in [1.165, 1.54) is 27.2 Å². The van der Waals surface area contributed by atoms with E-state index in [2.05, 4.69) is 34.1 Å². The van der Waals surface area contributed by atoms with E-state index in [1.807, 2.05) is 0 Å². The molecule has 0 saturated carbocycles. The Labute approximate surface area is 222 Å². The smallest absolute Gasteiger partial charge is 0.420 e. The molecular formula is C25H29F3N4O5S. The predicted octanol–water partition coefficient (Wildman–Crippen LogP) is 4.26. The maximum Gasteiger partial charge on any atom is 0.420 e. The van der Waals surface area contributed by atoms with Gasteiger partial charge in [-0.3, -0.25) is 14.4 Å². The number of phenolic OH excluding ortho intramolecular Hbond substituents is 1. The van der Waals surface area contributed by atoms with Crippen LogP contribution in [0.25, 0.3) is 0 Å². The Kier molecular flexibility index (Phi) is 11.9. The minimum Gasteiger partial charge on any atom is -0.507 e. The summed E-state index contributed by atoms with van der Waals surface area (Å²) in [6.45, 7) is 11.9. The molecule has 0 radical (unpaired) electrons. The lowest BCUT2D eigenvalue weighted by molar-refractivity contribution is -0.138. The van der Waals surface area contributed by atoms with Crippen LogP contribution in [0, 0.1) is 0 Å². The number of likely N-dealkylation sites (N-methyl/N-ethyl adjacent to an activating group) is 1. The molecule has 9 nitrogen and oxygen atoms in total. The molecule has 0 aliphatic rings. The Balaban J connectivity index is 3.03. The molecule has 1 rings (SSSR count). The molecular weight excluding hydrogens is 525 g/mol. The van der Waals surface area contributed by atoms with E-state index >= 15 is 0 Å². The summed E-state index contributed by atoms with van der Waals surface area (Å²) in [7, 11) is 2.69. The summed E-state index contributed by atoms with van der Waals surface area (Å²) < 4.78 is 44.4. The number of carbonyl (C=O) groups excluding carboxylic acids is 3. The highest BCUT2D eigenvalue weighted by Crippen LogP contribution is 2.37. The zero-order valence-corrected chi connectivity index (χ0v) is 22.3. The fourth-order valence-corrected chi connectivity index (χ4v) is 3.65. The lowest BCUT2D eigenvalue weighted by Gasteiger charge is -2.19. The van der Waals surface area contributed by atoms with E-state index in [4.69, 9.17) is 4.74 Å². The summed E-state index contributed by atoms with van der Waals surface area (Å²) in [5, 5.41) is 16.9. The minimum atomic E-state index is -4.81. The molecule has 0 aromatic heterocycles. The van der Waals surface area contributed by atoms with Gasteiger partial charge < -0.3 is 25.8 Å². The van der Waals surface area contributed by atoms with Gasteiger partial charge in [0.05, 0.1) is 29.2 Å². The molecule has 0 spiro atoms. The first-order chi connectivity index (χ1) is 17.7. The van der Waals surface area contributed by atoms with Crippen molar-refractivity contribution in [3.8, 4) is 5.75 Å². The summed E-state index contributed by atoms with van der Waals surface area (Å²) in [4.78, 5) is 42.0. The number of benzene rings is 1. The van der Waals surface area contributed by atoms with E-state index in [1.54, 1.807) is 13.8 Å². The van der Waals surface area contributed by atoms with Gasteiger partial charge in [0.25, 0.3) is 11.8 Å². The van der Waals surface area contributed by atoms with Gasteiger partial charge in [0.15, 0.2) is 11.5 Å². The van der Waals surface area contributed by atoms with Gasteiger partial charge in [0.2, 0.25) is 5.91 Å². The highest BCUT2D eigenvalue weighted by molar-refractivity contribution is 8.07. The molecule has 0 bridgehead atoms. The number of phenols is 1. The Bertz CT molecular complexity index is 1210. The molecule has 0 fully saturated rings. The molecule has 0 saturated heterocycles. The topological polar surface area (TPSA) is 129 Å². The standard InChI is InChI=1S/C25H29F3N4O5S/c1-8-19(23(35)32-16-10-11-18(33)17(12-16)25(26,27)28)38-15(5)14(4)31-24(36)20(30-9-2)21(37-7)13(3)22(34)29-6/h8-12,14,33H,2,5H2,1,3-4,6-7H3,(H,29,34)(H,31,36)(H,32,35)/b19-8-,21-13-,30-20?. The number of allylic oxidation sites excluding steroid dienone is 1. The van der Waals surface area contributed by atoms with Gasteiger partial charge in [-0.05, 0) is 39.0 Å². The second-order valence-corrected chi connectivity index (χ2v) is 8.67. The summed E-state index contributed by atoms with van der Waals surface area (Å²) >= 11 is 0.890. The molecule has 1 aromatic rings. The van der Waals surface area contributed by atoms with Crippen molar-refractivity contribution in [1.82, 2.24) is 10.6 Å². The predicted molar refractivity (Wildman–Crippen MR) is 141 cm³/mol. The van der Waals surface area contributed by atoms with Crippen LogP contribution >= 0.6 is 11.8 Å². The third-order valence-electron chi connectivity index (χ3n) is 4.88. The monoisotopic (exact) mass is 554 g/mol. The van der Waals surface area contributed by atoms with Crippen LogP contribution in [-0.4, -0.2) is 48.7 Å². The molecule has 1 atom stereocenters. The normalized spacial score (nSPS) is 13.6. The van der Waals surface area contributed by atoms with Crippen LogP contribution in [0.1, 0.15) is 26.3 Å². The van der Waals surface area contributed by atoms with Crippen LogP contribution in [-0.2, 0) is 25.3 Å². The zero-order valence-electron chi connectivity index (χ0n) is 21.4. The number of aromatic hydroxyl groups is 1. The summed E-state index contributed by atoms with van der Waals surface area (Å²) in [5.74, 6) is -2.97. The second-order valence-electron chi connectivity index (χ2n) is 7.50. The van der Waals surface area contributed by atoms with Gasteiger partial charge >= 0.3 is 6.18 Å². The maximum absolute atomic E-state index is 13.1. The number of rotatable bonds is 11. The number of hydrogen-bond acceptors (Lipinski definition) is 7. The average Bonchev–Trinajstić information content (AvgIpc) is 2.86. The fraction of sp³-hybridized carbons (Fsp3) is 0.280. The molecule has 0 heterocycles. The number of hydrogen-bond donors (Lipinski definition) is 4. The molecule has 0 aliphatic heterocycles.